The van der Waals surface area contributed by atoms with E-state index >= 15 is 0 Å². The molecule has 0 spiro atoms. The zero-order chi connectivity index (χ0) is 22.3. The summed E-state index contributed by atoms with van der Waals surface area (Å²) in [6, 6.07) is 13.9. The van der Waals surface area contributed by atoms with E-state index in [1.165, 1.54) is 11.3 Å². The summed E-state index contributed by atoms with van der Waals surface area (Å²) in [5.41, 5.74) is 2.76. The lowest BCUT2D eigenvalue weighted by atomic mass is 10.1. The van der Waals surface area contributed by atoms with Crippen LogP contribution in [0.25, 0.3) is 0 Å². The summed E-state index contributed by atoms with van der Waals surface area (Å²) in [7, 11) is 0. The molecule has 0 unspecified atom stereocenters. The third kappa shape index (κ3) is 6.00. The van der Waals surface area contributed by atoms with Gasteiger partial charge in [-0.05, 0) is 41.8 Å². The van der Waals surface area contributed by atoms with Crippen LogP contribution in [-0.2, 0) is 19.6 Å². The molecule has 3 aromatic rings. The maximum Gasteiger partial charge on any atom is 0.270 e. The highest BCUT2D eigenvalue weighted by Gasteiger charge is 2.17. The molecule has 1 N–H and O–H groups in total. The van der Waals surface area contributed by atoms with Crippen LogP contribution in [0.1, 0.15) is 46.4 Å². The predicted octanol–water partition coefficient (Wildman–Crippen LogP) is 5.26. The number of fused-ring (bicyclic) bond motifs is 1. The molecule has 1 aliphatic heterocycles. The molecule has 0 radical (unpaired) electrons. The summed E-state index contributed by atoms with van der Waals surface area (Å²) in [6.07, 6.45) is 2.01. The quantitative estimate of drug-likeness (QED) is 0.409. The highest BCUT2D eigenvalue weighted by atomic mass is 35.5. The first-order valence-corrected chi connectivity index (χ1v) is 11.9. The summed E-state index contributed by atoms with van der Waals surface area (Å²) in [6.45, 7) is 5.09. The number of ether oxygens (including phenoxy) is 2. The largest absolute Gasteiger partial charge is 0.454 e. The lowest BCUT2D eigenvalue weighted by Crippen LogP contribution is -2.25. The Balaban J connectivity index is 1.47. The van der Waals surface area contributed by atoms with E-state index in [1.807, 2.05) is 41.8 Å². The van der Waals surface area contributed by atoms with Gasteiger partial charge in [-0.15, -0.1) is 11.3 Å². The van der Waals surface area contributed by atoms with E-state index in [4.69, 9.17) is 21.1 Å². The molecule has 6 nitrogen and oxygen atoms in total. The summed E-state index contributed by atoms with van der Waals surface area (Å²) in [4.78, 5) is 19.2. The number of nitrogens with one attached hydrogen (secondary N) is 1. The van der Waals surface area contributed by atoms with Gasteiger partial charge in [-0.3, -0.25) is 9.69 Å². The molecule has 8 heteroatoms. The minimum Gasteiger partial charge on any atom is -0.454 e. The maximum atomic E-state index is 12.3. The van der Waals surface area contributed by atoms with Gasteiger partial charge in [0.25, 0.3) is 5.91 Å². The Morgan fingerprint density at radius 1 is 1.09 bits per heavy atom. The predicted molar refractivity (Wildman–Crippen MR) is 126 cm³/mol. The lowest BCUT2D eigenvalue weighted by molar-refractivity contribution is 0.0948. The van der Waals surface area contributed by atoms with E-state index in [1.54, 1.807) is 0 Å². The average molecular weight is 472 g/mol. The minimum absolute atomic E-state index is 0.110. The Morgan fingerprint density at radius 2 is 1.84 bits per heavy atom. The summed E-state index contributed by atoms with van der Waals surface area (Å²) < 4.78 is 11.0. The van der Waals surface area contributed by atoms with E-state index in [0.29, 0.717) is 25.3 Å². The van der Waals surface area contributed by atoms with Crippen molar-refractivity contribution >= 4 is 28.8 Å². The molecule has 2 aromatic carbocycles. The van der Waals surface area contributed by atoms with Crippen molar-refractivity contribution in [1.82, 2.24) is 15.2 Å². The number of nitrogens with zero attached hydrogens (tertiary/aromatic N) is 2. The topological polar surface area (TPSA) is 63.7 Å². The molecular formula is C24H26ClN3O3S. The SMILES string of the molecule is CCCCNC(=O)c1csc(CN(Cc2ccc(Cl)cc2)Cc2ccc3c(c2)OCO3)n1. The number of halogens is 1. The van der Waals surface area contributed by atoms with Gasteiger partial charge in [-0.25, -0.2) is 4.98 Å². The maximum absolute atomic E-state index is 12.3. The molecule has 4 rings (SSSR count). The van der Waals surface area contributed by atoms with Crippen molar-refractivity contribution in [3.8, 4) is 11.5 Å². The average Bonchev–Trinajstić information content (AvgIpc) is 3.44. The van der Waals surface area contributed by atoms with Crippen molar-refractivity contribution in [2.45, 2.75) is 39.4 Å². The van der Waals surface area contributed by atoms with Crippen molar-refractivity contribution in [3.63, 3.8) is 0 Å². The molecule has 1 amide bonds. The van der Waals surface area contributed by atoms with Gasteiger partial charge >= 0.3 is 0 Å². The van der Waals surface area contributed by atoms with E-state index < -0.39 is 0 Å². The number of carbonyl (C=O) groups is 1. The number of thiazole rings is 1. The molecule has 0 aliphatic carbocycles. The fourth-order valence-corrected chi connectivity index (χ4v) is 4.40. The Kier molecular flexibility index (Phi) is 7.63. The number of amides is 1. The van der Waals surface area contributed by atoms with Gasteiger partial charge in [0.1, 0.15) is 10.7 Å². The molecule has 32 heavy (non-hydrogen) atoms. The fraction of sp³-hybridized carbons (Fsp3) is 0.333. The van der Waals surface area contributed by atoms with Crippen molar-refractivity contribution in [2.75, 3.05) is 13.3 Å². The number of hydrogen-bond acceptors (Lipinski definition) is 6. The lowest BCUT2D eigenvalue weighted by Gasteiger charge is -2.22. The highest BCUT2D eigenvalue weighted by molar-refractivity contribution is 7.09. The minimum atomic E-state index is -0.110. The number of benzene rings is 2. The molecule has 0 atom stereocenters. The molecular weight excluding hydrogens is 446 g/mol. The van der Waals surface area contributed by atoms with E-state index in [9.17, 15) is 4.79 Å². The molecule has 2 heterocycles. The van der Waals surface area contributed by atoms with Crippen LogP contribution in [0.2, 0.25) is 5.02 Å². The molecule has 1 aromatic heterocycles. The van der Waals surface area contributed by atoms with Crippen molar-refractivity contribution in [3.05, 3.63) is 74.7 Å². The first-order chi connectivity index (χ1) is 15.6. The van der Waals surface area contributed by atoms with Gasteiger partial charge in [0.15, 0.2) is 11.5 Å². The molecule has 1 aliphatic rings. The number of unbranched alkanes of at least 4 members (excludes halogenated alkanes) is 1. The van der Waals surface area contributed by atoms with Crippen LogP contribution < -0.4 is 14.8 Å². The van der Waals surface area contributed by atoms with Crippen molar-refractivity contribution < 1.29 is 14.3 Å². The normalized spacial score (nSPS) is 12.3. The monoisotopic (exact) mass is 471 g/mol. The number of carbonyl (C=O) groups excluding carboxylic acids is 1. The van der Waals surface area contributed by atoms with Gasteiger partial charge in [0.05, 0.1) is 6.54 Å². The zero-order valence-electron chi connectivity index (χ0n) is 18.0. The Hall–Kier alpha value is -2.61. The van der Waals surface area contributed by atoms with Crippen LogP contribution in [0.15, 0.2) is 47.8 Å². The van der Waals surface area contributed by atoms with E-state index in [2.05, 4.69) is 28.2 Å². The van der Waals surface area contributed by atoms with Gasteiger partial charge in [-0.2, -0.15) is 0 Å². The standard InChI is InChI=1S/C24H26ClN3O3S/c1-2-3-10-26-24(29)20-15-32-23(27-20)14-28(12-17-4-7-19(25)8-5-17)13-18-6-9-21-22(11-18)31-16-30-21/h4-9,11,15H,2-3,10,12-14,16H2,1H3,(H,26,29). The van der Waals surface area contributed by atoms with Crippen molar-refractivity contribution in [1.29, 1.82) is 0 Å². The van der Waals surface area contributed by atoms with Crippen LogP contribution in [0.3, 0.4) is 0 Å². The Labute approximate surface area is 197 Å². The van der Waals surface area contributed by atoms with Gasteiger partial charge in [-0.1, -0.05) is 43.1 Å². The number of rotatable bonds is 10. The summed E-state index contributed by atoms with van der Waals surface area (Å²) in [5, 5.41) is 6.38. The molecule has 0 saturated heterocycles. The first-order valence-electron chi connectivity index (χ1n) is 10.7. The Morgan fingerprint density at radius 3 is 2.66 bits per heavy atom. The number of hydrogen-bond donors (Lipinski definition) is 1. The van der Waals surface area contributed by atoms with E-state index in [0.717, 1.165) is 52.0 Å². The molecule has 168 valence electrons. The van der Waals surface area contributed by atoms with Crippen LogP contribution in [0.4, 0.5) is 0 Å². The molecule has 0 bridgehead atoms. The van der Waals surface area contributed by atoms with Crippen LogP contribution >= 0.6 is 22.9 Å². The number of aromatic nitrogens is 1. The second-order valence-corrected chi connectivity index (χ2v) is 9.07. The summed E-state index contributed by atoms with van der Waals surface area (Å²) in [5.74, 6) is 1.44. The van der Waals surface area contributed by atoms with Crippen LogP contribution in [-0.4, -0.2) is 29.1 Å². The van der Waals surface area contributed by atoms with Gasteiger partial charge in [0, 0.05) is 30.0 Å². The first kappa shape index (κ1) is 22.6. The molecule has 0 saturated carbocycles. The van der Waals surface area contributed by atoms with Crippen molar-refractivity contribution in [2.24, 2.45) is 0 Å². The second kappa shape index (κ2) is 10.8. The highest BCUT2D eigenvalue weighted by Crippen LogP contribution is 2.33. The second-order valence-electron chi connectivity index (χ2n) is 7.70. The van der Waals surface area contributed by atoms with Crippen LogP contribution in [0, 0.1) is 0 Å². The zero-order valence-corrected chi connectivity index (χ0v) is 19.5. The molecule has 0 fully saturated rings. The van der Waals surface area contributed by atoms with Gasteiger partial charge < -0.3 is 14.8 Å². The Bertz CT molecular complexity index is 1050. The van der Waals surface area contributed by atoms with Crippen LogP contribution in [0.5, 0.6) is 11.5 Å². The third-order valence-corrected chi connectivity index (χ3v) is 6.21. The smallest absolute Gasteiger partial charge is 0.270 e. The van der Waals surface area contributed by atoms with Gasteiger partial charge in [0.2, 0.25) is 6.79 Å². The summed E-state index contributed by atoms with van der Waals surface area (Å²) >= 11 is 7.56. The van der Waals surface area contributed by atoms with E-state index in [-0.39, 0.29) is 12.7 Å². The third-order valence-electron chi connectivity index (χ3n) is 5.12. The fourth-order valence-electron chi connectivity index (χ4n) is 3.46.